The van der Waals surface area contributed by atoms with E-state index >= 15 is 0 Å². The molecule has 0 spiro atoms. The fraction of sp³-hybridized carbons (Fsp3) is 0.632. The van der Waals surface area contributed by atoms with Gasteiger partial charge in [-0.2, -0.15) is 13.2 Å². The lowest BCUT2D eigenvalue weighted by atomic mass is 10.1. The molecule has 1 heterocycles. The van der Waals surface area contributed by atoms with Gasteiger partial charge in [0.25, 0.3) is 9.84 Å². The minimum absolute atomic E-state index is 0.0343. The highest BCUT2D eigenvalue weighted by atomic mass is 32.2. The Morgan fingerprint density at radius 3 is 2.14 bits per heavy atom. The van der Waals surface area contributed by atoms with Gasteiger partial charge >= 0.3 is 5.51 Å². The van der Waals surface area contributed by atoms with Crippen molar-refractivity contribution in [3.8, 4) is 0 Å². The molecule has 6 nitrogen and oxygen atoms in total. The fourth-order valence-electron chi connectivity index (χ4n) is 3.89. The van der Waals surface area contributed by atoms with Gasteiger partial charge in [-0.1, -0.05) is 12.8 Å². The van der Waals surface area contributed by atoms with E-state index < -0.39 is 20.2 Å². The van der Waals surface area contributed by atoms with Gasteiger partial charge < -0.3 is 10.2 Å². The zero-order valence-electron chi connectivity index (χ0n) is 16.3. The molecule has 10 heteroatoms. The average molecular weight is 433 g/mol. The van der Waals surface area contributed by atoms with E-state index in [0.717, 1.165) is 37.8 Å². The molecule has 2 aliphatic rings. The van der Waals surface area contributed by atoms with Crippen molar-refractivity contribution in [1.29, 1.82) is 0 Å². The summed E-state index contributed by atoms with van der Waals surface area (Å²) >= 11 is 0. The van der Waals surface area contributed by atoms with Crippen molar-refractivity contribution in [2.45, 2.75) is 55.1 Å². The van der Waals surface area contributed by atoms with Gasteiger partial charge in [-0.05, 0) is 44.0 Å². The third-order valence-corrected chi connectivity index (χ3v) is 7.26. The first-order valence-corrected chi connectivity index (χ1v) is 11.3. The molecule has 1 saturated heterocycles. The molecule has 1 aromatic carbocycles. The summed E-state index contributed by atoms with van der Waals surface area (Å²) in [4.78, 5) is 15.7. The summed E-state index contributed by atoms with van der Waals surface area (Å²) in [5.41, 5.74) is -4.65. The van der Waals surface area contributed by atoms with Gasteiger partial charge in [-0.25, -0.2) is 8.42 Å². The minimum atomic E-state index is -5.33. The number of hydrogen-bond donors (Lipinski definition) is 1. The van der Waals surface area contributed by atoms with Gasteiger partial charge in [0.2, 0.25) is 5.91 Å². The van der Waals surface area contributed by atoms with Crippen molar-refractivity contribution in [2.24, 2.45) is 0 Å². The molecule has 1 atom stereocenters. The summed E-state index contributed by atoms with van der Waals surface area (Å²) in [6, 6.07) is 4.80. The summed E-state index contributed by atoms with van der Waals surface area (Å²) in [6.07, 6.45) is 4.38. The Bertz CT molecular complexity index is 813. The summed E-state index contributed by atoms with van der Waals surface area (Å²) in [6.45, 7) is 4.37. The number of nitrogens with one attached hydrogen (secondary N) is 1. The largest absolute Gasteiger partial charge is 0.501 e. The van der Waals surface area contributed by atoms with Crippen LogP contribution in [0.3, 0.4) is 0 Å². The third-order valence-electron chi connectivity index (χ3n) is 5.76. The van der Waals surface area contributed by atoms with Gasteiger partial charge in [0.15, 0.2) is 0 Å². The van der Waals surface area contributed by atoms with Crippen LogP contribution < -0.4 is 10.2 Å². The molecule has 1 N–H and O–H groups in total. The number of hydrogen-bond acceptors (Lipinski definition) is 5. The highest BCUT2D eigenvalue weighted by Gasteiger charge is 2.46. The van der Waals surface area contributed by atoms with E-state index in [1.54, 1.807) is 0 Å². The maximum Gasteiger partial charge on any atom is 0.501 e. The molecule has 0 aromatic heterocycles. The monoisotopic (exact) mass is 433 g/mol. The first-order chi connectivity index (χ1) is 13.6. The van der Waals surface area contributed by atoms with Crippen LogP contribution in [0.2, 0.25) is 0 Å². The minimum Gasteiger partial charge on any atom is -0.369 e. The van der Waals surface area contributed by atoms with E-state index in [4.69, 9.17) is 0 Å². The summed E-state index contributed by atoms with van der Waals surface area (Å²) in [7, 11) is -5.33. The molecule has 3 rings (SSSR count). The molecule has 29 heavy (non-hydrogen) atoms. The van der Waals surface area contributed by atoms with E-state index in [1.165, 1.54) is 12.1 Å². The SMILES string of the molecule is CC(C(=O)NC1CCCC1)N1CCN(c2ccc(S(=O)(=O)C(F)(F)F)cc2)CC1. The van der Waals surface area contributed by atoms with Gasteiger partial charge in [0.05, 0.1) is 10.9 Å². The zero-order chi connectivity index (χ0) is 21.2. The number of benzene rings is 1. The Morgan fingerprint density at radius 1 is 1.07 bits per heavy atom. The predicted octanol–water partition coefficient (Wildman–Crippen LogP) is 2.55. The Morgan fingerprint density at radius 2 is 1.62 bits per heavy atom. The number of halogens is 3. The molecule has 2 fully saturated rings. The maximum absolute atomic E-state index is 12.6. The number of rotatable bonds is 5. The Labute approximate surface area is 169 Å². The lowest BCUT2D eigenvalue weighted by Crippen LogP contribution is -2.54. The molecule has 1 amide bonds. The van der Waals surface area contributed by atoms with E-state index in [0.29, 0.717) is 31.9 Å². The zero-order valence-corrected chi connectivity index (χ0v) is 17.1. The number of carbonyl (C=O) groups is 1. The molecule has 162 valence electrons. The van der Waals surface area contributed by atoms with E-state index in [1.807, 2.05) is 11.8 Å². The van der Waals surface area contributed by atoms with Gasteiger partial charge in [0.1, 0.15) is 0 Å². The molecule has 1 aromatic rings. The van der Waals surface area contributed by atoms with Crippen LogP contribution >= 0.6 is 0 Å². The first-order valence-electron chi connectivity index (χ1n) is 9.80. The number of nitrogens with zero attached hydrogens (tertiary/aromatic N) is 2. The smallest absolute Gasteiger partial charge is 0.369 e. The Hall–Kier alpha value is -1.81. The highest BCUT2D eigenvalue weighted by Crippen LogP contribution is 2.31. The van der Waals surface area contributed by atoms with E-state index in [-0.39, 0.29) is 18.0 Å². The average Bonchev–Trinajstić information content (AvgIpc) is 3.20. The van der Waals surface area contributed by atoms with Crippen LogP contribution in [-0.2, 0) is 14.6 Å². The number of piperazine rings is 1. The van der Waals surface area contributed by atoms with Crippen LogP contribution in [0.25, 0.3) is 0 Å². The van der Waals surface area contributed by atoms with E-state index in [2.05, 4.69) is 10.2 Å². The molecular weight excluding hydrogens is 407 g/mol. The third kappa shape index (κ3) is 4.85. The van der Waals surface area contributed by atoms with Crippen LogP contribution in [0.1, 0.15) is 32.6 Å². The van der Waals surface area contributed by atoms with Crippen LogP contribution in [0.15, 0.2) is 29.2 Å². The lowest BCUT2D eigenvalue weighted by molar-refractivity contribution is -0.126. The lowest BCUT2D eigenvalue weighted by Gasteiger charge is -2.38. The van der Waals surface area contributed by atoms with Crippen molar-refractivity contribution in [3.63, 3.8) is 0 Å². The van der Waals surface area contributed by atoms with Crippen molar-refractivity contribution in [1.82, 2.24) is 10.2 Å². The summed E-state index contributed by atoms with van der Waals surface area (Å²) in [5, 5.41) is 3.11. The molecule has 0 bridgehead atoms. The van der Waals surface area contributed by atoms with Crippen LogP contribution in [0, 0.1) is 0 Å². The maximum atomic E-state index is 12.6. The molecule has 1 aliphatic heterocycles. The quantitative estimate of drug-likeness (QED) is 0.773. The standard InChI is InChI=1S/C19H26F3N3O3S/c1-14(18(26)23-15-4-2-3-5-15)24-10-12-25(13-11-24)16-6-8-17(9-7-16)29(27,28)19(20,21)22/h6-9,14-15H,2-5,10-13H2,1H3,(H,23,26). The normalized spacial score (nSPS) is 20.6. The van der Waals surface area contributed by atoms with Gasteiger partial charge in [-0.15, -0.1) is 0 Å². The van der Waals surface area contributed by atoms with Crippen LogP contribution in [0.5, 0.6) is 0 Å². The molecule has 0 radical (unpaired) electrons. The second kappa shape index (κ2) is 8.51. The van der Waals surface area contributed by atoms with Crippen LogP contribution in [0.4, 0.5) is 18.9 Å². The van der Waals surface area contributed by atoms with Gasteiger partial charge in [0, 0.05) is 37.9 Å². The second-order valence-corrected chi connectivity index (χ2v) is 9.57. The number of carbonyl (C=O) groups excluding carboxylic acids is 1. The molecular formula is C19H26F3N3O3S. The molecule has 1 unspecified atom stereocenters. The highest BCUT2D eigenvalue weighted by molar-refractivity contribution is 7.92. The molecule has 1 aliphatic carbocycles. The number of amides is 1. The number of sulfone groups is 1. The van der Waals surface area contributed by atoms with Gasteiger partial charge in [-0.3, -0.25) is 9.69 Å². The molecule has 1 saturated carbocycles. The van der Waals surface area contributed by atoms with Crippen molar-refractivity contribution in [2.75, 3.05) is 31.1 Å². The van der Waals surface area contributed by atoms with Crippen molar-refractivity contribution < 1.29 is 26.4 Å². The Kier molecular flexibility index (Phi) is 6.42. The first kappa shape index (κ1) is 21.9. The number of alkyl halides is 3. The van der Waals surface area contributed by atoms with Crippen molar-refractivity contribution in [3.05, 3.63) is 24.3 Å². The predicted molar refractivity (Wildman–Crippen MR) is 103 cm³/mol. The number of anilines is 1. The fourth-order valence-corrected chi connectivity index (χ4v) is 4.66. The summed E-state index contributed by atoms with van der Waals surface area (Å²) < 4.78 is 60.9. The van der Waals surface area contributed by atoms with Crippen molar-refractivity contribution >= 4 is 21.4 Å². The Balaban J connectivity index is 1.55. The second-order valence-electron chi connectivity index (χ2n) is 7.63. The van der Waals surface area contributed by atoms with Crippen LogP contribution in [-0.4, -0.2) is 63.0 Å². The van der Waals surface area contributed by atoms with E-state index in [9.17, 15) is 26.4 Å². The topological polar surface area (TPSA) is 69.7 Å². The summed E-state index contributed by atoms with van der Waals surface area (Å²) in [5.74, 6) is 0.0343.